The molecule has 0 spiro atoms. The highest BCUT2D eigenvalue weighted by Gasteiger charge is 2.43. The number of carbonyl (C=O) groups excluding carboxylic acids is 1. The van der Waals surface area contributed by atoms with E-state index in [9.17, 15) is 9.90 Å². The van der Waals surface area contributed by atoms with Crippen molar-refractivity contribution >= 4 is 17.5 Å². The van der Waals surface area contributed by atoms with Gasteiger partial charge in [0.25, 0.3) is 0 Å². The SMILES string of the molecule is O=C(NCC(CO)c1cccc(Cl)c1)[C@H]1C[C@@H]1c1ccccc1. The largest absolute Gasteiger partial charge is 0.396 e. The Balaban J connectivity index is 1.55. The van der Waals surface area contributed by atoms with Gasteiger partial charge in [-0.25, -0.2) is 0 Å². The standard InChI is InChI=1S/C19H20ClNO2/c20-16-8-4-7-14(9-16)15(12-22)11-21-19(23)18-10-17(18)13-5-2-1-3-6-13/h1-9,15,17-18,22H,10-12H2,(H,21,23)/t15?,17-,18+/m1/s1. The Kier molecular flexibility index (Phi) is 4.99. The molecule has 1 saturated carbocycles. The van der Waals surface area contributed by atoms with Crippen molar-refractivity contribution in [2.45, 2.75) is 18.3 Å². The zero-order valence-electron chi connectivity index (χ0n) is 12.8. The van der Waals surface area contributed by atoms with E-state index in [0.29, 0.717) is 17.5 Å². The first kappa shape index (κ1) is 16.0. The van der Waals surface area contributed by atoms with Gasteiger partial charge in [-0.05, 0) is 35.6 Å². The molecule has 1 amide bonds. The van der Waals surface area contributed by atoms with Crippen molar-refractivity contribution in [3.05, 3.63) is 70.7 Å². The van der Waals surface area contributed by atoms with Crippen LogP contribution in [0.5, 0.6) is 0 Å². The highest BCUT2D eigenvalue weighted by Crippen LogP contribution is 2.47. The Labute approximate surface area is 141 Å². The van der Waals surface area contributed by atoms with Crippen molar-refractivity contribution in [2.75, 3.05) is 13.2 Å². The molecule has 120 valence electrons. The summed E-state index contributed by atoms with van der Waals surface area (Å²) in [4.78, 5) is 12.3. The molecule has 4 heteroatoms. The van der Waals surface area contributed by atoms with Crippen LogP contribution in [0.25, 0.3) is 0 Å². The number of benzene rings is 2. The fraction of sp³-hybridized carbons (Fsp3) is 0.316. The van der Waals surface area contributed by atoms with Crippen LogP contribution in [0.4, 0.5) is 0 Å². The summed E-state index contributed by atoms with van der Waals surface area (Å²) in [5.41, 5.74) is 2.16. The van der Waals surface area contributed by atoms with E-state index in [1.165, 1.54) is 5.56 Å². The molecule has 23 heavy (non-hydrogen) atoms. The predicted octanol–water partition coefficient (Wildman–Crippen LogP) is 3.34. The molecule has 0 heterocycles. The van der Waals surface area contributed by atoms with E-state index in [0.717, 1.165) is 12.0 Å². The molecule has 0 radical (unpaired) electrons. The van der Waals surface area contributed by atoms with Crippen molar-refractivity contribution in [3.8, 4) is 0 Å². The monoisotopic (exact) mass is 329 g/mol. The lowest BCUT2D eigenvalue weighted by atomic mass is 10.00. The highest BCUT2D eigenvalue weighted by atomic mass is 35.5. The second-order valence-corrected chi connectivity index (χ2v) is 6.48. The summed E-state index contributed by atoms with van der Waals surface area (Å²) in [6.07, 6.45) is 0.900. The molecule has 1 unspecified atom stereocenters. The van der Waals surface area contributed by atoms with Gasteiger partial charge in [-0.15, -0.1) is 0 Å². The second kappa shape index (κ2) is 7.16. The fourth-order valence-electron chi connectivity index (χ4n) is 2.96. The minimum absolute atomic E-state index is 0.0204. The lowest BCUT2D eigenvalue weighted by Gasteiger charge is -2.16. The molecule has 0 aromatic heterocycles. The first-order valence-electron chi connectivity index (χ1n) is 7.88. The topological polar surface area (TPSA) is 49.3 Å². The van der Waals surface area contributed by atoms with Crippen LogP contribution in [0.1, 0.15) is 29.4 Å². The van der Waals surface area contributed by atoms with Gasteiger partial charge in [-0.1, -0.05) is 54.1 Å². The van der Waals surface area contributed by atoms with Crippen molar-refractivity contribution in [1.29, 1.82) is 0 Å². The number of rotatable bonds is 6. The molecule has 2 aromatic rings. The number of carbonyl (C=O) groups is 1. The average Bonchev–Trinajstić information content (AvgIpc) is 3.37. The number of hydrogen-bond acceptors (Lipinski definition) is 2. The van der Waals surface area contributed by atoms with Gasteiger partial charge in [0.2, 0.25) is 5.91 Å². The molecule has 2 N–H and O–H groups in total. The minimum Gasteiger partial charge on any atom is -0.396 e. The Morgan fingerprint density at radius 1 is 1.22 bits per heavy atom. The summed E-state index contributed by atoms with van der Waals surface area (Å²) in [6.45, 7) is 0.404. The summed E-state index contributed by atoms with van der Waals surface area (Å²) in [6, 6.07) is 17.5. The molecule has 1 aliphatic carbocycles. The maximum Gasteiger partial charge on any atom is 0.223 e. The van der Waals surface area contributed by atoms with Crippen molar-refractivity contribution in [3.63, 3.8) is 0 Å². The number of hydrogen-bond donors (Lipinski definition) is 2. The fourth-order valence-corrected chi connectivity index (χ4v) is 3.16. The van der Waals surface area contributed by atoms with Gasteiger partial charge in [0.15, 0.2) is 0 Å². The zero-order chi connectivity index (χ0) is 16.2. The lowest BCUT2D eigenvalue weighted by molar-refractivity contribution is -0.122. The van der Waals surface area contributed by atoms with Gasteiger partial charge in [0.05, 0.1) is 6.61 Å². The van der Waals surface area contributed by atoms with Crippen molar-refractivity contribution < 1.29 is 9.90 Å². The quantitative estimate of drug-likeness (QED) is 0.854. The van der Waals surface area contributed by atoms with E-state index in [2.05, 4.69) is 17.4 Å². The van der Waals surface area contributed by atoms with Crippen LogP contribution in [0.15, 0.2) is 54.6 Å². The molecule has 1 fully saturated rings. The number of nitrogens with one attached hydrogen (secondary N) is 1. The van der Waals surface area contributed by atoms with Crippen LogP contribution in [-0.4, -0.2) is 24.2 Å². The normalized spacial score (nSPS) is 20.8. The Bertz CT molecular complexity index is 674. The lowest BCUT2D eigenvalue weighted by Crippen LogP contribution is -2.31. The van der Waals surface area contributed by atoms with Gasteiger partial charge < -0.3 is 10.4 Å². The molecular formula is C19H20ClNO2. The zero-order valence-corrected chi connectivity index (χ0v) is 13.5. The number of aliphatic hydroxyl groups excluding tert-OH is 1. The van der Waals surface area contributed by atoms with Crippen LogP contribution >= 0.6 is 11.6 Å². The van der Waals surface area contributed by atoms with Gasteiger partial charge in [-0.2, -0.15) is 0 Å². The molecule has 3 rings (SSSR count). The van der Waals surface area contributed by atoms with Gasteiger partial charge in [0, 0.05) is 23.4 Å². The summed E-state index contributed by atoms with van der Waals surface area (Å²) in [7, 11) is 0. The smallest absolute Gasteiger partial charge is 0.223 e. The maximum atomic E-state index is 12.3. The van der Waals surface area contributed by atoms with Crippen molar-refractivity contribution in [2.24, 2.45) is 5.92 Å². The molecule has 0 bridgehead atoms. The van der Waals surface area contributed by atoms with E-state index in [-0.39, 0.29) is 24.3 Å². The molecule has 2 aromatic carbocycles. The average molecular weight is 330 g/mol. The third-order valence-electron chi connectivity index (χ3n) is 4.42. The van der Waals surface area contributed by atoms with E-state index in [4.69, 9.17) is 11.6 Å². The van der Waals surface area contributed by atoms with Crippen LogP contribution < -0.4 is 5.32 Å². The van der Waals surface area contributed by atoms with E-state index < -0.39 is 0 Å². The molecule has 0 aliphatic heterocycles. The van der Waals surface area contributed by atoms with E-state index >= 15 is 0 Å². The molecular weight excluding hydrogens is 310 g/mol. The number of halogens is 1. The maximum absolute atomic E-state index is 12.3. The van der Waals surface area contributed by atoms with Crippen molar-refractivity contribution in [1.82, 2.24) is 5.32 Å². The first-order valence-corrected chi connectivity index (χ1v) is 8.26. The molecule has 1 aliphatic rings. The van der Waals surface area contributed by atoms with E-state index in [1.54, 1.807) is 6.07 Å². The molecule has 3 atom stereocenters. The predicted molar refractivity (Wildman–Crippen MR) is 91.6 cm³/mol. The summed E-state index contributed by atoms with van der Waals surface area (Å²) in [5.74, 6) is 0.317. The van der Waals surface area contributed by atoms with Crippen LogP contribution in [0.3, 0.4) is 0 Å². The van der Waals surface area contributed by atoms with Gasteiger partial charge in [-0.3, -0.25) is 4.79 Å². The van der Waals surface area contributed by atoms with Gasteiger partial charge in [0.1, 0.15) is 0 Å². The van der Waals surface area contributed by atoms with Crippen LogP contribution in [0.2, 0.25) is 5.02 Å². The number of aliphatic hydroxyl groups is 1. The van der Waals surface area contributed by atoms with E-state index in [1.807, 2.05) is 36.4 Å². The first-order chi connectivity index (χ1) is 11.2. The summed E-state index contributed by atoms with van der Waals surface area (Å²) < 4.78 is 0. The third-order valence-corrected chi connectivity index (χ3v) is 4.65. The Morgan fingerprint density at radius 2 is 2.00 bits per heavy atom. The summed E-state index contributed by atoms with van der Waals surface area (Å²) >= 11 is 5.99. The molecule has 3 nitrogen and oxygen atoms in total. The van der Waals surface area contributed by atoms with Gasteiger partial charge >= 0.3 is 0 Å². The minimum atomic E-state index is -0.133. The highest BCUT2D eigenvalue weighted by molar-refractivity contribution is 6.30. The third kappa shape index (κ3) is 3.92. The molecule has 0 saturated heterocycles. The second-order valence-electron chi connectivity index (χ2n) is 6.04. The summed E-state index contributed by atoms with van der Waals surface area (Å²) in [5, 5.41) is 13.2. The Hall–Kier alpha value is -1.84. The number of amides is 1. The van der Waals surface area contributed by atoms with Crippen LogP contribution in [0, 0.1) is 5.92 Å². The van der Waals surface area contributed by atoms with Crippen LogP contribution in [-0.2, 0) is 4.79 Å². The Morgan fingerprint density at radius 3 is 2.70 bits per heavy atom.